The molecule has 3 aromatic heterocycles. The average molecular weight is 419 g/mol. The van der Waals surface area contributed by atoms with Gasteiger partial charge in [0.25, 0.3) is 11.9 Å². The van der Waals surface area contributed by atoms with E-state index >= 15 is 0 Å². The van der Waals surface area contributed by atoms with Crippen molar-refractivity contribution in [2.24, 2.45) is 0 Å². The molecule has 0 spiro atoms. The van der Waals surface area contributed by atoms with Gasteiger partial charge in [-0.2, -0.15) is 9.78 Å². The quantitative estimate of drug-likeness (QED) is 0.495. The Morgan fingerprint density at radius 3 is 2.61 bits per heavy atom. The molecular formula is C22H21N5O4. The monoisotopic (exact) mass is 419 g/mol. The maximum absolute atomic E-state index is 12.6. The van der Waals surface area contributed by atoms with E-state index in [2.05, 4.69) is 20.4 Å². The highest BCUT2D eigenvalue weighted by Crippen LogP contribution is 2.25. The number of aromatic nitrogens is 4. The van der Waals surface area contributed by atoms with Crippen LogP contribution >= 0.6 is 0 Å². The van der Waals surface area contributed by atoms with Crippen LogP contribution in [0.15, 0.2) is 64.1 Å². The largest absolute Gasteiger partial charge is 0.484 e. The van der Waals surface area contributed by atoms with Gasteiger partial charge >= 0.3 is 5.63 Å². The molecule has 0 aliphatic rings. The smallest absolute Gasteiger partial charge is 0.336 e. The number of anilines is 1. The highest BCUT2D eigenvalue weighted by molar-refractivity contribution is 5.91. The van der Waals surface area contributed by atoms with Gasteiger partial charge in [-0.05, 0) is 24.3 Å². The molecule has 9 nitrogen and oxygen atoms in total. The second kappa shape index (κ2) is 8.02. The first-order valence-corrected chi connectivity index (χ1v) is 9.64. The number of amides is 1. The summed E-state index contributed by atoms with van der Waals surface area (Å²) in [6.07, 6.45) is 3.21. The van der Waals surface area contributed by atoms with Crippen molar-refractivity contribution < 1.29 is 13.9 Å². The van der Waals surface area contributed by atoms with E-state index in [-0.39, 0.29) is 17.9 Å². The van der Waals surface area contributed by atoms with Gasteiger partial charge in [0, 0.05) is 41.4 Å². The fraction of sp³-hybridized carbons (Fsp3) is 0.227. The summed E-state index contributed by atoms with van der Waals surface area (Å²) in [5.41, 5.74) is 0.485. The molecule has 0 aliphatic heterocycles. The predicted molar refractivity (Wildman–Crippen MR) is 114 cm³/mol. The van der Waals surface area contributed by atoms with Crippen LogP contribution in [0.2, 0.25) is 0 Å². The van der Waals surface area contributed by atoms with Crippen LogP contribution in [0.5, 0.6) is 5.75 Å². The van der Waals surface area contributed by atoms with Crippen molar-refractivity contribution in [1.82, 2.24) is 19.7 Å². The summed E-state index contributed by atoms with van der Waals surface area (Å²) in [5, 5.41) is 8.12. The molecule has 0 radical (unpaired) electrons. The Morgan fingerprint density at radius 2 is 1.87 bits per heavy atom. The topological polar surface area (TPSA) is 112 Å². The molecule has 0 saturated heterocycles. The van der Waals surface area contributed by atoms with Crippen LogP contribution in [0.3, 0.4) is 0 Å². The number of carbonyl (C=O) groups is 1. The normalized spacial score (nSPS) is 11.5. The van der Waals surface area contributed by atoms with E-state index in [0.29, 0.717) is 23.1 Å². The molecule has 31 heavy (non-hydrogen) atoms. The zero-order chi connectivity index (χ0) is 22.0. The van der Waals surface area contributed by atoms with Gasteiger partial charge in [0.2, 0.25) is 0 Å². The lowest BCUT2D eigenvalue weighted by Gasteiger charge is -2.13. The minimum absolute atomic E-state index is 0.231. The first-order valence-electron chi connectivity index (χ1n) is 9.64. The average Bonchev–Trinajstić information content (AvgIpc) is 3.17. The Morgan fingerprint density at radius 1 is 1.13 bits per heavy atom. The van der Waals surface area contributed by atoms with Gasteiger partial charge in [0.05, 0.1) is 5.69 Å². The molecule has 1 N–H and O–H groups in total. The number of fused-ring (bicyclic) bond motifs is 1. The van der Waals surface area contributed by atoms with E-state index in [4.69, 9.17) is 9.15 Å². The number of rotatable bonds is 5. The summed E-state index contributed by atoms with van der Waals surface area (Å²) >= 11 is 0. The highest BCUT2D eigenvalue weighted by Gasteiger charge is 2.22. The summed E-state index contributed by atoms with van der Waals surface area (Å²) in [4.78, 5) is 32.4. The molecule has 1 aromatic carbocycles. The van der Waals surface area contributed by atoms with Crippen molar-refractivity contribution in [3.8, 4) is 11.7 Å². The van der Waals surface area contributed by atoms with E-state index in [1.54, 1.807) is 48.8 Å². The number of benzene rings is 1. The molecule has 0 aliphatic carbocycles. The zero-order valence-electron chi connectivity index (χ0n) is 17.3. The van der Waals surface area contributed by atoms with Gasteiger partial charge in [-0.25, -0.2) is 14.8 Å². The van der Waals surface area contributed by atoms with Crippen LogP contribution in [0.25, 0.3) is 16.9 Å². The lowest BCUT2D eigenvalue weighted by Crippen LogP contribution is -2.22. The van der Waals surface area contributed by atoms with Crippen LogP contribution in [-0.2, 0) is 10.2 Å². The molecule has 4 rings (SSSR count). The summed E-state index contributed by atoms with van der Waals surface area (Å²) in [5.74, 6) is 0.812. The number of hydrogen-bond donors (Lipinski definition) is 1. The van der Waals surface area contributed by atoms with Crippen molar-refractivity contribution >= 4 is 22.7 Å². The predicted octanol–water partition coefficient (Wildman–Crippen LogP) is 3.08. The molecule has 0 saturated carbocycles. The number of ether oxygens (including phenoxy) is 1. The van der Waals surface area contributed by atoms with Crippen LogP contribution in [-0.4, -0.2) is 32.3 Å². The fourth-order valence-electron chi connectivity index (χ4n) is 2.85. The lowest BCUT2D eigenvalue weighted by molar-refractivity contribution is -0.118. The SMILES string of the molecule is CC(C)(C)c1cc(NC(=O)COc2ccc3ccc(=O)oc3c2)n(-c2ncccn2)n1. The van der Waals surface area contributed by atoms with E-state index in [0.717, 1.165) is 11.1 Å². The van der Waals surface area contributed by atoms with Crippen molar-refractivity contribution in [3.63, 3.8) is 0 Å². The Hall–Kier alpha value is -4.01. The molecule has 158 valence electrons. The molecule has 0 fully saturated rings. The molecular weight excluding hydrogens is 398 g/mol. The first kappa shape index (κ1) is 20.3. The fourth-order valence-corrected chi connectivity index (χ4v) is 2.85. The second-order valence-corrected chi connectivity index (χ2v) is 7.92. The standard InChI is InChI=1S/C22H21N5O4/c1-22(2,3)17-12-18(27(26-17)21-23-9-4-10-24-21)25-19(28)13-30-15-7-5-14-6-8-20(29)31-16(14)11-15/h4-12H,13H2,1-3H3,(H,25,28). The highest BCUT2D eigenvalue weighted by atomic mass is 16.5. The Kier molecular flexibility index (Phi) is 5.24. The number of hydrogen-bond acceptors (Lipinski definition) is 7. The van der Waals surface area contributed by atoms with Crippen LogP contribution in [0.4, 0.5) is 5.82 Å². The van der Waals surface area contributed by atoms with Crippen molar-refractivity contribution in [1.29, 1.82) is 0 Å². The van der Waals surface area contributed by atoms with E-state index < -0.39 is 5.63 Å². The van der Waals surface area contributed by atoms with E-state index in [1.807, 2.05) is 20.8 Å². The first-order chi connectivity index (χ1) is 14.8. The van der Waals surface area contributed by atoms with Gasteiger partial charge in [-0.1, -0.05) is 20.8 Å². The third-order valence-corrected chi connectivity index (χ3v) is 4.45. The Balaban J connectivity index is 1.52. The molecule has 4 aromatic rings. The molecule has 9 heteroatoms. The second-order valence-electron chi connectivity index (χ2n) is 7.92. The molecule has 0 bridgehead atoms. The van der Waals surface area contributed by atoms with Crippen molar-refractivity contribution in [3.05, 3.63) is 71.0 Å². The van der Waals surface area contributed by atoms with Crippen molar-refractivity contribution in [2.75, 3.05) is 11.9 Å². The van der Waals surface area contributed by atoms with Crippen LogP contribution in [0, 0.1) is 0 Å². The maximum Gasteiger partial charge on any atom is 0.336 e. The minimum atomic E-state index is -0.451. The molecule has 1 amide bonds. The number of nitrogens with one attached hydrogen (secondary N) is 1. The Bertz CT molecular complexity index is 1290. The minimum Gasteiger partial charge on any atom is -0.484 e. The van der Waals surface area contributed by atoms with Gasteiger partial charge in [-0.3, -0.25) is 4.79 Å². The van der Waals surface area contributed by atoms with Gasteiger partial charge < -0.3 is 14.5 Å². The van der Waals surface area contributed by atoms with E-state index in [1.165, 1.54) is 10.7 Å². The molecule has 3 heterocycles. The number of nitrogens with zero attached hydrogens (tertiary/aromatic N) is 4. The number of carbonyl (C=O) groups excluding carboxylic acids is 1. The van der Waals surface area contributed by atoms with Gasteiger partial charge in [-0.15, -0.1) is 0 Å². The van der Waals surface area contributed by atoms with Crippen LogP contribution in [0.1, 0.15) is 26.5 Å². The summed E-state index contributed by atoms with van der Waals surface area (Å²) in [7, 11) is 0. The molecule has 0 atom stereocenters. The van der Waals surface area contributed by atoms with Crippen LogP contribution < -0.4 is 15.7 Å². The third-order valence-electron chi connectivity index (χ3n) is 4.45. The van der Waals surface area contributed by atoms with E-state index in [9.17, 15) is 9.59 Å². The van der Waals surface area contributed by atoms with Gasteiger partial charge in [0.1, 0.15) is 17.2 Å². The Labute approximate surface area is 177 Å². The molecule has 0 unspecified atom stereocenters. The lowest BCUT2D eigenvalue weighted by atomic mass is 9.92. The summed E-state index contributed by atoms with van der Waals surface area (Å²) < 4.78 is 12.2. The maximum atomic E-state index is 12.6. The van der Waals surface area contributed by atoms with Gasteiger partial charge in [0.15, 0.2) is 6.61 Å². The third kappa shape index (κ3) is 4.61. The summed E-state index contributed by atoms with van der Waals surface area (Å²) in [6.45, 7) is 5.84. The zero-order valence-corrected chi connectivity index (χ0v) is 17.3. The van der Waals surface area contributed by atoms with Crippen molar-refractivity contribution in [2.45, 2.75) is 26.2 Å². The summed E-state index contributed by atoms with van der Waals surface area (Å²) in [6, 6.07) is 11.5.